The second-order valence-electron chi connectivity index (χ2n) is 6.61. The minimum atomic E-state index is -0.827. The van der Waals surface area contributed by atoms with E-state index in [2.05, 4.69) is 10.6 Å². The third kappa shape index (κ3) is 7.79. The van der Waals surface area contributed by atoms with Crippen LogP contribution >= 0.6 is 0 Å². The maximum atomic E-state index is 12.7. The van der Waals surface area contributed by atoms with Gasteiger partial charge < -0.3 is 20.5 Å². The first-order valence-electron chi connectivity index (χ1n) is 9.71. The summed E-state index contributed by atoms with van der Waals surface area (Å²) >= 11 is 0. The van der Waals surface area contributed by atoms with Crippen LogP contribution in [0.2, 0.25) is 0 Å². The van der Waals surface area contributed by atoms with E-state index in [1.165, 1.54) is 0 Å². The highest BCUT2D eigenvalue weighted by Gasteiger charge is 2.14. The Bertz CT molecular complexity index is 876. The second kappa shape index (κ2) is 12.1. The van der Waals surface area contributed by atoms with Crippen LogP contribution in [-0.4, -0.2) is 36.5 Å². The highest BCUT2D eigenvalue weighted by atomic mass is 16.5. The van der Waals surface area contributed by atoms with Gasteiger partial charge in [0.1, 0.15) is 11.4 Å². The molecule has 0 heterocycles. The molecule has 2 aromatic carbocycles. The number of methoxy groups -OCH3 is 1. The van der Waals surface area contributed by atoms with Crippen LogP contribution in [-0.2, 0) is 9.59 Å². The molecule has 0 saturated heterocycles. The van der Waals surface area contributed by atoms with Crippen molar-refractivity contribution >= 4 is 23.9 Å². The van der Waals surface area contributed by atoms with Crippen molar-refractivity contribution in [3.63, 3.8) is 0 Å². The lowest BCUT2D eigenvalue weighted by Crippen LogP contribution is -2.35. The van der Waals surface area contributed by atoms with Crippen molar-refractivity contribution in [1.82, 2.24) is 10.6 Å². The van der Waals surface area contributed by atoms with E-state index in [0.717, 1.165) is 5.56 Å². The normalized spacial score (nSPS) is 10.9. The molecule has 0 saturated carbocycles. The number of carboxylic acids is 1. The van der Waals surface area contributed by atoms with Crippen molar-refractivity contribution in [2.45, 2.75) is 25.7 Å². The van der Waals surface area contributed by atoms with Gasteiger partial charge in [0, 0.05) is 18.5 Å². The molecule has 2 amide bonds. The van der Waals surface area contributed by atoms with Crippen molar-refractivity contribution in [2.75, 3.05) is 13.7 Å². The maximum Gasteiger partial charge on any atom is 0.303 e. The maximum absolute atomic E-state index is 12.7. The minimum absolute atomic E-state index is 0.115. The average Bonchev–Trinajstić information content (AvgIpc) is 2.76. The van der Waals surface area contributed by atoms with Gasteiger partial charge in [-0.3, -0.25) is 14.4 Å². The zero-order chi connectivity index (χ0) is 21.8. The Morgan fingerprint density at radius 2 is 1.67 bits per heavy atom. The fraction of sp³-hybridized carbons (Fsp3) is 0.261. The Kier molecular flexibility index (Phi) is 9.12. The number of unbranched alkanes of at least 4 members (excludes halogenated alkanes) is 2. The Hall–Kier alpha value is -3.61. The summed E-state index contributed by atoms with van der Waals surface area (Å²) in [6.45, 7) is 0.389. The van der Waals surface area contributed by atoms with E-state index in [-0.39, 0.29) is 18.0 Å². The summed E-state index contributed by atoms with van der Waals surface area (Å²) in [6.07, 6.45) is 3.62. The van der Waals surface area contributed by atoms with Gasteiger partial charge in [-0.2, -0.15) is 0 Å². The number of hydrogen-bond donors (Lipinski definition) is 3. The minimum Gasteiger partial charge on any atom is -0.497 e. The first-order chi connectivity index (χ1) is 14.5. The van der Waals surface area contributed by atoms with E-state index in [9.17, 15) is 14.4 Å². The van der Waals surface area contributed by atoms with Crippen LogP contribution in [0.5, 0.6) is 5.75 Å². The lowest BCUT2D eigenvalue weighted by atomic mass is 10.1. The van der Waals surface area contributed by atoms with Gasteiger partial charge in [0.2, 0.25) is 0 Å². The van der Waals surface area contributed by atoms with Crippen LogP contribution in [0.3, 0.4) is 0 Å². The van der Waals surface area contributed by atoms with Crippen LogP contribution in [0.25, 0.3) is 6.08 Å². The fourth-order valence-corrected chi connectivity index (χ4v) is 2.68. The summed E-state index contributed by atoms with van der Waals surface area (Å²) in [5.41, 5.74) is 1.30. The van der Waals surface area contributed by atoms with Crippen LogP contribution in [0.1, 0.15) is 41.6 Å². The number of carbonyl (C=O) groups is 3. The van der Waals surface area contributed by atoms with Crippen LogP contribution in [0.15, 0.2) is 60.3 Å². The van der Waals surface area contributed by atoms with Crippen molar-refractivity contribution in [2.24, 2.45) is 0 Å². The molecule has 2 aromatic rings. The molecule has 3 N–H and O–H groups in total. The molecule has 7 nitrogen and oxygen atoms in total. The summed E-state index contributed by atoms with van der Waals surface area (Å²) in [6, 6.07) is 15.7. The van der Waals surface area contributed by atoms with Gasteiger partial charge in [-0.05, 0) is 48.7 Å². The van der Waals surface area contributed by atoms with E-state index >= 15 is 0 Å². The van der Waals surface area contributed by atoms with Crippen LogP contribution in [0.4, 0.5) is 0 Å². The Morgan fingerprint density at radius 1 is 0.967 bits per heavy atom. The molecule has 0 aromatic heterocycles. The highest BCUT2D eigenvalue weighted by molar-refractivity contribution is 6.05. The number of ether oxygens (including phenoxy) is 1. The van der Waals surface area contributed by atoms with E-state index in [1.54, 1.807) is 61.7 Å². The number of aliphatic carboxylic acids is 1. The average molecular weight is 410 g/mol. The standard InChI is InChI=1S/C23H26N2O5/c1-30-19-13-11-17(12-14-19)16-20(25-22(28)18-8-4-2-5-9-18)23(29)24-15-7-3-6-10-21(26)27/h2,4-5,8-9,11-14,16H,3,6-7,10,15H2,1H3,(H,24,29)(H,25,28)(H,26,27). The SMILES string of the molecule is COc1ccc(C=C(NC(=O)c2ccccc2)C(=O)NCCCCCC(=O)O)cc1. The van der Waals surface area contributed by atoms with Crippen LogP contribution in [0, 0.1) is 0 Å². The molecule has 0 bridgehead atoms. The topological polar surface area (TPSA) is 105 Å². The van der Waals surface area contributed by atoms with E-state index in [1.807, 2.05) is 6.07 Å². The van der Waals surface area contributed by atoms with E-state index in [4.69, 9.17) is 9.84 Å². The highest BCUT2D eigenvalue weighted by Crippen LogP contribution is 2.14. The Labute approximate surface area is 175 Å². The fourth-order valence-electron chi connectivity index (χ4n) is 2.68. The molecule has 0 radical (unpaired) electrons. The molecule has 0 aliphatic heterocycles. The van der Waals surface area contributed by atoms with Crippen molar-refractivity contribution in [3.05, 3.63) is 71.4 Å². The molecule has 0 aliphatic rings. The zero-order valence-corrected chi connectivity index (χ0v) is 16.9. The van der Waals surface area contributed by atoms with E-state index < -0.39 is 11.9 Å². The molecular formula is C23H26N2O5. The molecule has 7 heteroatoms. The first kappa shape index (κ1) is 22.7. The smallest absolute Gasteiger partial charge is 0.303 e. The third-order valence-electron chi connectivity index (χ3n) is 4.31. The summed E-state index contributed by atoms with van der Waals surface area (Å²) in [7, 11) is 1.57. The van der Waals surface area contributed by atoms with Crippen molar-refractivity contribution in [1.29, 1.82) is 0 Å². The molecule has 30 heavy (non-hydrogen) atoms. The van der Waals surface area contributed by atoms with Gasteiger partial charge in [0.15, 0.2) is 0 Å². The summed E-state index contributed by atoms with van der Waals surface area (Å²) in [4.78, 5) is 35.7. The van der Waals surface area contributed by atoms with Gasteiger partial charge in [-0.25, -0.2) is 0 Å². The third-order valence-corrected chi connectivity index (χ3v) is 4.31. The molecule has 0 aliphatic carbocycles. The number of hydrogen-bond acceptors (Lipinski definition) is 4. The molecule has 158 valence electrons. The molecule has 0 fully saturated rings. The van der Waals surface area contributed by atoms with Crippen LogP contribution < -0.4 is 15.4 Å². The summed E-state index contributed by atoms with van der Waals surface area (Å²) in [5.74, 6) is -0.930. The van der Waals surface area contributed by atoms with Gasteiger partial charge >= 0.3 is 5.97 Å². The number of carboxylic acid groups (broad SMARTS) is 1. The van der Waals surface area contributed by atoms with E-state index in [0.29, 0.717) is 37.1 Å². The summed E-state index contributed by atoms with van der Waals surface area (Å²) < 4.78 is 5.14. The summed E-state index contributed by atoms with van der Waals surface area (Å²) in [5, 5.41) is 14.1. The lowest BCUT2D eigenvalue weighted by molar-refractivity contribution is -0.137. The molecule has 2 rings (SSSR count). The monoisotopic (exact) mass is 410 g/mol. The number of benzene rings is 2. The Morgan fingerprint density at radius 3 is 2.30 bits per heavy atom. The van der Waals surface area contributed by atoms with Gasteiger partial charge in [0.25, 0.3) is 11.8 Å². The van der Waals surface area contributed by atoms with Gasteiger partial charge in [-0.15, -0.1) is 0 Å². The zero-order valence-electron chi connectivity index (χ0n) is 16.9. The number of rotatable bonds is 11. The molecular weight excluding hydrogens is 384 g/mol. The molecule has 0 unspecified atom stereocenters. The number of carbonyl (C=O) groups excluding carboxylic acids is 2. The molecule has 0 atom stereocenters. The van der Waals surface area contributed by atoms with Crippen molar-refractivity contribution in [3.8, 4) is 5.75 Å². The molecule has 0 spiro atoms. The quantitative estimate of drug-likeness (QED) is 0.390. The predicted molar refractivity (Wildman–Crippen MR) is 114 cm³/mol. The number of nitrogens with one attached hydrogen (secondary N) is 2. The van der Waals surface area contributed by atoms with Gasteiger partial charge in [-0.1, -0.05) is 36.8 Å². The first-order valence-corrected chi connectivity index (χ1v) is 9.71. The predicted octanol–water partition coefficient (Wildman–Crippen LogP) is 3.23. The lowest BCUT2D eigenvalue weighted by Gasteiger charge is -2.11. The largest absolute Gasteiger partial charge is 0.497 e. The second-order valence-corrected chi connectivity index (χ2v) is 6.61. The van der Waals surface area contributed by atoms with Gasteiger partial charge in [0.05, 0.1) is 7.11 Å². The van der Waals surface area contributed by atoms with Crippen molar-refractivity contribution < 1.29 is 24.2 Å². The number of amides is 2. The Balaban J connectivity index is 2.05.